The second-order valence-corrected chi connectivity index (χ2v) is 6.48. The van der Waals surface area contributed by atoms with Crippen molar-refractivity contribution >= 4 is 28.9 Å². The van der Waals surface area contributed by atoms with Crippen LogP contribution in [0.4, 0.5) is 0 Å². The molecular formula is C24H25NO5. The molecule has 6 nitrogen and oxygen atoms in total. The molecule has 0 aliphatic heterocycles. The van der Waals surface area contributed by atoms with Gasteiger partial charge in [0, 0.05) is 11.7 Å². The smallest absolute Gasteiger partial charge is 0.345 e. The van der Waals surface area contributed by atoms with E-state index >= 15 is 0 Å². The fourth-order valence-electron chi connectivity index (χ4n) is 3.04. The van der Waals surface area contributed by atoms with Crippen molar-refractivity contribution < 1.29 is 23.8 Å². The maximum absolute atomic E-state index is 12.1. The Hall–Kier alpha value is -3.54. The third-order valence-electron chi connectivity index (χ3n) is 4.46. The SMILES string of the molecule is CCOC(=O)C(=Cc1ccc(OCCn2ccc3ccccc32)cc1)C(=O)OCC. The Labute approximate surface area is 175 Å². The number of benzene rings is 2. The van der Waals surface area contributed by atoms with Crippen molar-refractivity contribution in [1.82, 2.24) is 4.57 Å². The number of hydrogen-bond donors (Lipinski definition) is 0. The van der Waals surface area contributed by atoms with Gasteiger partial charge in [0.25, 0.3) is 0 Å². The van der Waals surface area contributed by atoms with Crippen molar-refractivity contribution in [3.05, 3.63) is 71.9 Å². The molecule has 0 amide bonds. The van der Waals surface area contributed by atoms with Crippen LogP contribution in [-0.4, -0.2) is 36.3 Å². The van der Waals surface area contributed by atoms with E-state index in [1.54, 1.807) is 38.1 Å². The first-order valence-electron chi connectivity index (χ1n) is 9.95. The molecule has 0 aliphatic rings. The van der Waals surface area contributed by atoms with Gasteiger partial charge in [0.15, 0.2) is 0 Å². The lowest BCUT2D eigenvalue weighted by Crippen LogP contribution is -2.18. The predicted octanol–water partition coefficient (Wildman–Crippen LogP) is 4.23. The Morgan fingerprint density at radius 1 is 0.900 bits per heavy atom. The molecule has 30 heavy (non-hydrogen) atoms. The molecule has 0 bridgehead atoms. The molecular weight excluding hydrogens is 382 g/mol. The Bertz CT molecular complexity index is 1010. The van der Waals surface area contributed by atoms with E-state index in [4.69, 9.17) is 14.2 Å². The molecule has 1 aromatic heterocycles. The van der Waals surface area contributed by atoms with Crippen LogP contribution in [0.2, 0.25) is 0 Å². The first-order valence-corrected chi connectivity index (χ1v) is 9.95. The van der Waals surface area contributed by atoms with E-state index in [0.29, 0.717) is 17.9 Å². The van der Waals surface area contributed by atoms with Crippen LogP contribution < -0.4 is 4.74 Å². The number of fused-ring (bicyclic) bond motifs is 1. The minimum atomic E-state index is -0.699. The topological polar surface area (TPSA) is 66.8 Å². The second-order valence-electron chi connectivity index (χ2n) is 6.48. The highest BCUT2D eigenvalue weighted by molar-refractivity contribution is 6.17. The number of esters is 2. The molecule has 0 spiro atoms. The first kappa shape index (κ1) is 21.2. The van der Waals surface area contributed by atoms with Gasteiger partial charge < -0.3 is 18.8 Å². The van der Waals surface area contributed by atoms with Gasteiger partial charge in [0.1, 0.15) is 17.9 Å². The summed E-state index contributed by atoms with van der Waals surface area (Å²) in [5.41, 5.74) is 1.72. The predicted molar refractivity (Wildman–Crippen MR) is 115 cm³/mol. The van der Waals surface area contributed by atoms with E-state index in [-0.39, 0.29) is 18.8 Å². The lowest BCUT2D eigenvalue weighted by Gasteiger charge is -2.09. The summed E-state index contributed by atoms with van der Waals surface area (Å²) in [5.74, 6) is -0.692. The number of hydrogen-bond acceptors (Lipinski definition) is 5. The highest BCUT2D eigenvalue weighted by atomic mass is 16.6. The van der Waals surface area contributed by atoms with Gasteiger partial charge >= 0.3 is 11.9 Å². The molecule has 6 heteroatoms. The van der Waals surface area contributed by atoms with Crippen LogP contribution in [0.5, 0.6) is 5.75 Å². The van der Waals surface area contributed by atoms with Crippen LogP contribution >= 0.6 is 0 Å². The molecule has 1 heterocycles. The minimum absolute atomic E-state index is 0.133. The standard InChI is InChI=1S/C24H25NO5/c1-3-28-23(26)21(24(27)29-4-2)17-18-9-11-20(12-10-18)30-16-15-25-14-13-19-7-5-6-8-22(19)25/h5-14,17H,3-4,15-16H2,1-2H3. The fraction of sp³-hybridized carbons (Fsp3) is 0.250. The molecule has 3 rings (SSSR count). The highest BCUT2D eigenvalue weighted by Crippen LogP contribution is 2.18. The summed E-state index contributed by atoms with van der Waals surface area (Å²) < 4.78 is 17.9. The van der Waals surface area contributed by atoms with Crippen LogP contribution in [0, 0.1) is 0 Å². The van der Waals surface area contributed by atoms with Crippen LogP contribution in [-0.2, 0) is 25.6 Å². The van der Waals surface area contributed by atoms with Crippen molar-refractivity contribution in [2.24, 2.45) is 0 Å². The van der Waals surface area contributed by atoms with Crippen molar-refractivity contribution in [1.29, 1.82) is 0 Å². The zero-order valence-corrected chi connectivity index (χ0v) is 17.2. The van der Waals surface area contributed by atoms with Crippen LogP contribution in [0.1, 0.15) is 19.4 Å². The van der Waals surface area contributed by atoms with E-state index < -0.39 is 11.9 Å². The average molecular weight is 407 g/mol. The van der Waals surface area contributed by atoms with Gasteiger partial charge in [0.2, 0.25) is 0 Å². The van der Waals surface area contributed by atoms with Crippen molar-refractivity contribution in [2.75, 3.05) is 19.8 Å². The zero-order valence-electron chi connectivity index (χ0n) is 17.2. The van der Waals surface area contributed by atoms with Gasteiger partial charge in [-0.25, -0.2) is 9.59 Å². The number of para-hydroxylation sites is 1. The number of ether oxygens (including phenoxy) is 3. The van der Waals surface area contributed by atoms with Crippen LogP contribution in [0.25, 0.3) is 17.0 Å². The third-order valence-corrected chi connectivity index (χ3v) is 4.46. The summed E-state index contributed by atoms with van der Waals surface area (Å²) in [5, 5.41) is 1.20. The number of carbonyl (C=O) groups is 2. The largest absolute Gasteiger partial charge is 0.492 e. The lowest BCUT2D eigenvalue weighted by molar-refractivity contribution is -0.146. The number of aromatic nitrogens is 1. The van der Waals surface area contributed by atoms with Gasteiger partial charge in [-0.15, -0.1) is 0 Å². The van der Waals surface area contributed by atoms with E-state index in [1.165, 1.54) is 17.0 Å². The molecule has 0 N–H and O–H groups in total. The maximum Gasteiger partial charge on any atom is 0.345 e. The minimum Gasteiger partial charge on any atom is -0.492 e. The van der Waals surface area contributed by atoms with Crippen molar-refractivity contribution in [3.63, 3.8) is 0 Å². The highest BCUT2D eigenvalue weighted by Gasteiger charge is 2.20. The van der Waals surface area contributed by atoms with Gasteiger partial charge in [-0.05, 0) is 55.1 Å². The van der Waals surface area contributed by atoms with E-state index in [1.807, 2.05) is 18.3 Å². The molecule has 0 atom stereocenters. The second kappa shape index (κ2) is 10.3. The van der Waals surface area contributed by atoms with Gasteiger partial charge in [-0.2, -0.15) is 0 Å². The molecule has 2 aromatic carbocycles. The van der Waals surface area contributed by atoms with Crippen molar-refractivity contribution in [3.8, 4) is 5.75 Å². The Morgan fingerprint density at radius 2 is 1.57 bits per heavy atom. The quantitative estimate of drug-likeness (QED) is 0.230. The van der Waals surface area contributed by atoms with Crippen LogP contribution in [0.15, 0.2) is 66.4 Å². The summed E-state index contributed by atoms with van der Waals surface area (Å²) in [7, 11) is 0. The summed E-state index contributed by atoms with van der Waals surface area (Å²) >= 11 is 0. The van der Waals surface area contributed by atoms with Gasteiger partial charge in [-0.3, -0.25) is 0 Å². The first-order chi connectivity index (χ1) is 14.6. The fourth-order valence-corrected chi connectivity index (χ4v) is 3.04. The Balaban J connectivity index is 1.63. The monoisotopic (exact) mass is 407 g/mol. The van der Waals surface area contributed by atoms with Gasteiger partial charge in [0.05, 0.1) is 19.8 Å². The Morgan fingerprint density at radius 3 is 2.23 bits per heavy atom. The molecule has 0 saturated heterocycles. The maximum atomic E-state index is 12.1. The molecule has 0 radical (unpaired) electrons. The van der Waals surface area contributed by atoms with E-state index in [9.17, 15) is 9.59 Å². The Kier molecular flexibility index (Phi) is 7.27. The summed E-state index contributed by atoms with van der Waals surface area (Å²) in [4.78, 5) is 24.1. The van der Waals surface area contributed by atoms with E-state index in [2.05, 4.69) is 22.8 Å². The molecule has 156 valence electrons. The molecule has 0 aliphatic carbocycles. The number of rotatable bonds is 9. The van der Waals surface area contributed by atoms with Gasteiger partial charge in [-0.1, -0.05) is 30.3 Å². The van der Waals surface area contributed by atoms with Crippen LogP contribution in [0.3, 0.4) is 0 Å². The molecule has 0 saturated carbocycles. The number of carbonyl (C=O) groups excluding carboxylic acids is 2. The lowest BCUT2D eigenvalue weighted by atomic mass is 10.1. The third kappa shape index (κ3) is 5.29. The van der Waals surface area contributed by atoms with E-state index in [0.717, 1.165) is 6.54 Å². The molecule has 0 fully saturated rings. The van der Waals surface area contributed by atoms with Crippen molar-refractivity contribution in [2.45, 2.75) is 20.4 Å². The molecule has 3 aromatic rings. The molecule has 0 unspecified atom stereocenters. The normalized spacial score (nSPS) is 10.5. The summed E-state index contributed by atoms with van der Waals surface area (Å²) in [6, 6.07) is 17.4. The summed E-state index contributed by atoms with van der Waals surface area (Å²) in [6.45, 7) is 4.97. The number of nitrogens with zero attached hydrogens (tertiary/aromatic N) is 1. The average Bonchev–Trinajstić information content (AvgIpc) is 3.16. The zero-order chi connectivity index (χ0) is 21.3. The summed E-state index contributed by atoms with van der Waals surface area (Å²) in [6.07, 6.45) is 3.51.